The molecule has 2 aromatic heterocycles. The maximum Gasteiger partial charge on any atom is 0.328 e. The number of aliphatic carboxylic acids is 1. The van der Waals surface area contributed by atoms with Gasteiger partial charge < -0.3 is 5.11 Å². The van der Waals surface area contributed by atoms with Crippen molar-refractivity contribution in [3.05, 3.63) is 113 Å². The van der Waals surface area contributed by atoms with Crippen LogP contribution < -0.4 is 0 Å². The van der Waals surface area contributed by atoms with Crippen molar-refractivity contribution in [1.29, 1.82) is 0 Å². The highest BCUT2D eigenvalue weighted by Crippen LogP contribution is 2.44. The van der Waals surface area contributed by atoms with Gasteiger partial charge in [0.2, 0.25) is 0 Å². The van der Waals surface area contributed by atoms with E-state index in [0.717, 1.165) is 38.9 Å². The van der Waals surface area contributed by atoms with E-state index in [9.17, 15) is 4.79 Å². The highest BCUT2D eigenvalue weighted by atomic mass is 32.1. The van der Waals surface area contributed by atoms with E-state index in [2.05, 4.69) is 53.5 Å². The Morgan fingerprint density at radius 2 is 1.74 bits per heavy atom. The fourth-order valence-corrected chi connectivity index (χ4v) is 4.93. The fraction of sp³-hybridized carbons (Fsp3) is 0.138. The number of nitrogens with zero attached hydrogens (tertiary/aromatic N) is 2. The van der Waals surface area contributed by atoms with E-state index < -0.39 is 5.97 Å². The summed E-state index contributed by atoms with van der Waals surface area (Å²) in [6, 6.07) is 22.9. The molecule has 2 aromatic carbocycles. The summed E-state index contributed by atoms with van der Waals surface area (Å²) in [4.78, 5) is 21.1. The van der Waals surface area contributed by atoms with Gasteiger partial charge in [0.05, 0.1) is 16.1 Å². The van der Waals surface area contributed by atoms with E-state index >= 15 is 0 Å². The van der Waals surface area contributed by atoms with Gasteiger partial charge in [-0.05, 0) is 59.2 Å². The largest absolute Gasteiger partial charge is 0.478 e. The molecule has 4 aromatic rings. The van der Waals surface area contributed by atoms with Crippen molar-refractivity contribution < 1.29 is 9.90 Å². The molecule has 5 rings (SSSR count). The number of carboxylic acids is 1. The summed E-state index contributed by atoms with van der Waals surface area (Å²) in [6.45, 7) is 0. The van der Waals surface area contributed by atoms with Gasteiger partial charge in [-0.1, -0.05) is 61.0 Å². The van der Waals surface area contributed by atoms with Crippen molar-refractivity contribution in [3.63, 3.8) is 0 Å². The molecule has 1 fully saturated rings. The predicted octanol–water partition coefficient (Wildman–Crippen LogP) is 7.06. The van der Waals surface area contributed by atoms with Gasteiger partial charge in [-0.15, -0.1) is 11.3 Å². The summed E-state index contributed by atoms with van der Waals surface area (Å²) in [5.41, 5.74) is 9.46. The Morgan fingerprint density at radius 3 is 2.32 bits per heavy atom. The lowest BCUT2D eigenvalue weighted by Gasteiger charge is -2.31. The number of hydrogen-bond acceptors (Lipinski definition) is 4. The minimum Gasteiger partial charge on any atom is -0.478 e. The lowest BCUT2D eigenvalue weighted by atomic mass is 9.73. The van der Waals surface area contributed by atoms with Gasteiger partial charge in [-0.3, -0.25) is 9.97 Å². The van der Waals surface area contributed by atoms with Crippen molar-refractivity contribution in [2.24, 2.45) is 5.92 Å². The van der Waals surface area contributed by atoms with E-state index in [1.807, 2.05) is 36.1 Å². The molecule has 0 atom stereocenters. The van der Waals surface area contributed by atoms with Crippen LogP contribution in [0, 0.1) is 5.92 Å². The second-order valence-electron chi connectivity index (χ2n) is 8.37. The molecule has 0 aliphatic heterocycles. The normalized spacial score (nSPS) is 14.6. The third-order valence-corrected chi connectivity index (χ3v) is 7.04. The second-order valence-corrected chi connectivity index (χ2v) is 9.26. The molecule has 5 heteroatoms. The summed E-state index contributed by atoms with van der Waals surface area (Å²) in [5, 5.41) is 8.94. The number of benzene rings is 2. The van der Waals surface area contributed by atoms with Gasteiger partial charge >= 0.3 is 5.97 Å². The minimum absolute atomic E-state index is 0.493. The number of allylic oxidation sites excluding steroid dienone is 1. The summed E-state index contributed by atoms with van der Waals surface area (Å²) >= 11 is 1.60. The quantitative estimate of drug-likeness (QED) is 0.235. The SMILES string of the molecule is O=C(O)C=Cc1ccc(C(=C(c2ccccc2)C2CCC2)c2ccc(-c3cncs3)cn2)cc1. The molecule has 1 saturated carbocycles. The Kier molecular flexibility index (Phi) is 6.45. The molecule has 0 unspecified atom stereocenters. The molecule has 168 valence electrons. The Balaban J connectivity index is 1.65. The lowest BCUT2D eigenvalue weighted by molar-refractivity contribution is -0.131. The van der Waals surface area contributed by atoms with Crippen molar-refractivity contribution >= 4 is 34.5 Å². The number of carbonyl (C=O) groups is 1. The standard InChI is InChI=1S/C29H24N2O2S/c32-27(33)16-11-20-9-12-23(13-10-20)29(25-15-14-24(17-31-25)26-18-30-19-34-26)28(22-7-4-8-22)21-5-2-1-3-6-21/h1-3,5-6,9-19,22H,4,7-8H2,(H,32,33). The van der Waals surface area contributed by atoms with E-state index in [1.54, 1.807) is 17.4 Å². The molecular weight excluding hydrogens is 440 g/mol. The minimum atomic E-state index is -0.953. The number of thiazole rings is 1. The molecule has 0 saturated heterocycles. The number of pyridine rings is 1. The van der Waals surface area contributed by atoms with Crippen molar-refractivity contribution in [1.82, 2.24) is 9.97 Å². The lowest BCUT2D eigenvalue weighted by Crippen LogP contribution is -2.15. The third-order valence-electron chi connectivity index (χ3n) is 6.22. The molecule has 0 spiro atoms. The zero-order valence-corrected chi connectivity index (χ0v) is 19.4. The zero-order chi connectivity index (χ0) is 23.3. The smallest absolute Gasteiger partial charge is 0.328 e. The van der Waals surface area contributed by atoms with Crippen LogP contribution in [0.5, 0.6) is 0 Å². The van der Waals surface area contributed by atoms with Crippen LogP contribution in [0.15, 0.2) is 90.7 Å². The third kappa shape index (κ3) is 4.75. The van der Waals surface area contributed by atoms with Crippen LogP contribution in [-0.2, 0) is 4.79 Å². The Bertz CT molecular complexity index is 1320. The molecule has 0 radical (unpaired) electrons. The van der Waals surface area contributed by atoms with Gasteiger partial charge in [-0.2, -0.15) is 0 Å². The second kappa shape index (κ2) is 9.98. The van der Waals surface area contributed by atoms with Gasteiger partial charge in [-0.25, -0.2) is 4.79 Å². The molecule has 1 aliphatic carbocycles. The van der Waals surface area contributed by atoms with E-state index in [0.29, 0.717) is 5.92 Å². The summed E-state index contributed by atoms with van der Waals surface area (Å²) < 4.78 is 0. The average molecular weight is 465 g/mol. The topological polar surface area (TPSA) is 63.1 Å². The Labute approximate surface area is 203 Å². The molecule has 0 bridgehead atoms. The average Bonchev–Trinajstić information content (AvgIpc) is 3.38. The van der Waals surface area contributed by atoms with Gasteiger partial charge in [0.25, 0.3) is 0 Å². The fourth-order valence-electron chi connectivity index (χ4n) is 4.31. The van der Waals surface area contributed by atoms with E-state index in [-0.39, 0.29) is 0 Å². The van der Waals surface area contributed by atoms with E-state index in [1.165, 1.54) is 30.4 Å². The predicted molar refractivity (Wildman–Crippen MR) is 138 cm³/mol. The number of hydrogen-bond donors (Lipinski definition) is 1. The van der Waals surface area contributed by atoms with Gasteiger partial charge in [0, 0.05) is 29.6 Å². The maximum atomic E-state index is 10.9. The number of carboxylic acid groups (broad SMARTS) is 1. The van der Waals surface area contributed by atoms with Crippen LogP contribution in [0.2, 0.25) is 0 Å². The van der Waals surface area contributed by atoms with Crippen LogP contribution in [0.1, 0.15) is 41.6 Å². The first-order valence-electron chi connectivity index (χ1n) is 11.4. The molecular formula is C29H24N2O2S. The van der Waals surface area contributed by atoms with Gasteiger partial charge in [0.1, 0.15) is 0 Å². The summed E-state index contributed by atoms with van der Waals surface area (Å²) in [7, 11) is 0. The van der Waals surface area contributed by atoms with Crippen LogP contribution in [0.3, 0.4) is 0 Å². The zero-order valence-electron chi connectivity index (χ0n) is 18.6. The molecule has 1 aliphatic rings. The first kappa shape index (κ1) is 22.0. The molecule has 34 heavy (non-hydrogen) atoms. The van der Waals surface area contributed by atoms with Crippen molar-refractivity contribution in [2.45, 2.75) is 19.3 Å². The number of aromatic nitrogens is 2. The van der Waals surface area contributed by atoms with Crippen molar-refractivity contribution in [3.8, 4) is 10.4 Å². The maximum absolute atomic E-state index is 10.9. The van der Waals surface area contributed by atoms with E-state index in [4.69, 9.17) is 10.1 Å². The van der Waals surface area contributed by atoms with Crippen LogP contribution in [0.4, 0.5) is 0 Å². The first-order chi connectivity index (χ1) is 16.7. The summed E-state index contributed by atoms with van der Waals surface area (Å²) in [6.07, 6.45) is 10.2. The van der Waals surface area contributed by atoms with Crippen LogP contribution in [0.25, 0.3) is 27.7 Å². The van der Waals surface area contributed by atoms with Gasteiger partial charge in [0.15, 0.2) is 0 Å². The molecule has 0 amide bonds. The molecule has 2 heterocycles. The van der Waals surface area contributed by atoms with Crippen molar-refractivity contribution in [2.75, 3.05) is 0 Å². The Hall–Kier alpha value is -3.83. The number of rotatable bonds is 7. The molecule has 4 nitrogen and oxygen atoms in total. The van der Waals surface area contributed by atoms with Crippen LogP contribution in [-0.4, -0.2) is 21.0 Å². The van der Waals surface area contributed by atoms with Crippen LogP contribution >= 0.6 is 11.3 Å². The Morgan fingerprint density at radius 1 is 0.941 bits per heavy atom. The first-order valence-corrected chi connectivity index (χ1v) is 12.2. The molecule has 1 N–H and O–H groups in total. The highest BCUT2D eigenvalue weighted by Gasteiger charge is 2.27. The monoisotopic (exact) mass is 464 g/mol. The highest BCUT2D eigenvalue weighted by molar-refractivity contribution is 7.13. The summed E-state index contributed by atoms with van der Waals surface area (Å²) in [5.74, 6) is -0.460.